The number of methoxy groups -OCH3 is 1. The number of hydrogen-bond acceptors (Lipinski definition) is 4. The fourth-order valence-corrected chi connectivity index (χ4v) is 3.18. The summed E-state index contributed by atoms with van der Waals surface area (Å²) in [5.41, 5.74) is 4.35. The first-order chi connectivity index (χ1) is 11.8. The number of nitrogens with one attached hydrogen (secondary N) is 1. The Morgan fingerprint density at radius 3 is 3.00 bits per heavy atom. The molecule has 0 radical (unpaired) electrons. The standard InChI is InChI=1S/C18H21N5O/c1-13-10-15(24-2)4-5-17(13)22-9-7-20-18(22)16-11-14-12-19-6-3-8-23(14)21-16/h4-5,7,9-11,19H,3,6,8,12H2,1-2H3. The summed E-state index contributed by atoms with van der Waals surface area (Å²) in [6.45, 7) is 4.92. The van der Waals surface area contributed by atoms with E-state index in [9.17, 15) is 0 Å². The van der Waals surface area contributed by atoms with E-state index in [0.717, 1.165) is 54.6 Å². The Labute approximate surface area is 141 Å². The van der Waals surface area contributed by atoms with Gasteiger partial charge < -0.3 is 10.1 Å². The largest absolute Gasteiger partial charge is 0.497 e. The van der Waals surface area contributed by atoms with Gasteiger partial charge in [0.05, 0.1) is 18.5 Å². The summed E-state index contributed by atoms with van der Waals surface area (Å²) in [5.74, 6) is 1.72. The first-order valence-electron chi connectivity index (χ1n) is 8.22. The third-order valence-corrected chi connectivity index (χ3v) is 4.43. The maximum absolute atomic E-state index is 5.30. The summed E-state index contributed by atoms with van der Waals surface area (Å²) >= 11 is 0. The lowest BCUT2D eigenvalue weighted by Gasteiger charge is -2.11. The number of aryl methyl sites for hydroxylation is 2. The van der Waals surface area contributed by atoms with Crippen LogP contribution in [0.3, 0.4) is 0 Å². The molecular formula is C18H21N5O. The van der Waals surface area contributed by atoms with Gasteiger partial charge in [0.15, 0.2) is 5.82 Å². The third-order valence-electron chi connectivity index (χ3n) is 4.43. The number of ether oxygens (including phenoxy) is 1. The SMILES string of the molecule is COc1ccc(-n2ccnc2-c2cc3n(n2)CCCNC3)c(C)c1. The Morgan fingerprint density at radius 1 is 1.25 bits per heavy atom. The summed E-state index contributed by atoms with van der Waals surface area (Å²) < 4.78 is 9.48. The van der Waals surface area contributed by atoms with Crippen molar-refractivity contribution in [2.24, 2.45) is 0 Å². The molecule has 24 heavy (non-hydrogen) atoms. The fourth-order valence-electron chi connectivity index (χ4n) is 3.18. The second kappa shape index (κ2) is 6.13. The number of nitrogens with zero attached hydrogens (tertiary/aromatic N) is 4. The molecule has 0 atom stereocenters. The number of aromatic nitrogens is 4. The Balaban J connectivity index is 1.75. The van der Waals surface area contributed by atoms with Crippen molar-refractivity contribution in [3.8, 4) is 23.0 Å². The molecule has 3 aromatic rings. The van der Waals surface area contributed by atoms with Crippen molar-refractivity contribution in [3.05, 3.63) is 47.9 Å². The van der Waals surface area contributed by atoms with E-state index >= 15 is 0 Å². The Hall–Kier alpha value is -2.60. The molecule has 0 spiro atoms. The average Bonchev–Trinajstić information content (AvgIpc) is 3.17. The molecule has 2 aromatic heterocycles. The van der Waals surface area contributed by atoms with Crippen LogP contribution in [0, 0.1) is 6.92 Å². The van der Waals surface area contributed by atoms with Gasteiger partial charge in [0, 0.05) is 25.5 Å². The minimum atomic E-state index is 0.856. The van der Waals surface area contributed by atoms with Crippen molar-refractivity contribution in [2.75, 3.05) is 13.7 Å². The zero-order chi connectivity index (χ0) is 16.5. The van der Waals surface area contributed by atoms with Crippen LogP contribution in [0.15, 0.2) is 36.7 Å². The monoisotopic (exact) mass is 323 g/mol. The lowest BCUT2D eigenvalue weighted by molar-refractivity contribution is 0.414. The van der Waals surface area contributed by atoms with Crippen LogP contribution in [0.4, 0.5) is 0 Å². The van der Waals surface area contributed by atoms with Crippen molar-refractivity contribution >= 4 is 0 Å². The molecule has 0 fully saturated rings. The van der Waals surface area contributed by atoms with Crippen LogP contribution < -0.4 is 10.1 Å². The lowest BCUT2D eigenvalue weighted by Crippen LogP contribution is -2.11. The van der Waals surface area contributed by atoms with Gasteiger partial charge in [-0.25, -0.2) is 4.98 Å². The van der Waals surface area contributed by atoms with Gasteiger partial charge in [0.25, 0.3) is 0 Å². The summed E-state index contributed by atoms with van der Waals surface area (Å²) in [6.07, 6.45) is 4.90. The molecule has 0 saturated carbocycles. The van der Waals surface area contributed by atoms with E-state index < -0.39 is 0 Å². The van der Waals surface area contributed by atoms with Gasteiger partial charge in [0.2, 0.25) is 0 Å². The predicted octanol–water partition coefficient (Wildman–Crippen LogP) is 2.55. The van der Waals surface area contributed by atoms with Gasteiger partial charge in [-0.05, 0) is 49.7 Å². The summed E-state index contributed by atoms with van der Waals surface area (Å²) in [4.78, 5) is 4.55. The molecule has 1 N–H and O–H groups in total. The van der Waals surface area contributed by atoms with Crippen LogP contribution in [0.5, 0.6) is 5.75 Å². The van der Waals surface area contributed by atoms with Gasteiger partial charge in [-0.2, -0.15) is 5.10 Å². The maximum atomic E-state index is 5.30. The van der Waals surface area contributed by atoms with E-state index in [1.165, 1.54) is 5.69 Å². The Kier molecular flexibility index (Phi) is 3.82. The van der Waals surface area contributed by atoms with Crippen molar-refractivity contribution < 1.29 is 4.74 Å². The molecule has 1 aliphatic heterocycles. The van der Waals surface area contributed by atoms with E-state index in [0.29, 0.717) is 0 Å². The average molecular weight is 323 g/mol. The van der Waals surface area contributed by atoms with Crippen LogP contribution in [-0.2, 0) is 13.1 Å². The highest BCUT2D eigenvalue weighted by atomic mass is 16.5. The molecule has 6 nitrogen and oxygen atoms in total. The van der Waals surface area contributed by atoms with E-state index in [-0.39, 0.29) is 0 Å². The number of imidazole rings is 1. The minimum absolute atomic E-state index is 0.856. The smallest absolute Gasteiger partial charge is 0.165 e. The highest BCUT2D eigenvalue weighted by Crippen LogP contribution is 2.26. The molecule has 0 saturated heterocycles. The quantitative estimate of drug-likeness (QED) is 0.805. The van der Waals surface area contributed by atoms with Crippen LogP contribution in [-0.4, -0.2) is 33.0 Å². The number of hydrogen-bond donors (Lipinski definition) is 1. The highest BCUT2D eigenvalue weighted by Gasteiger charge is 2.16. The van der Waals surface area contributed by atoms with Crippen molar-refractivity contribution in [1.82, 2.24) is 24.6 Å². The first kappa shape index (κ1) is 15.0. The second-order valence-electron chi connectivity index (χ2n) is 6.05. The molecule has 6 heteroatoms. The van der Waals surface area contributed by atoms with Crippen LogP contribution in [0.2, 0.25) is 0 Å². The topological polar surface area (TPSA) is 56.9 Å². The highest BCUT2D eigenvalue weighted by molar-refractivity contribution is 5.57. The predicted molar refractivity (Wildman–Crippen MR) is 92.4 cm³/mol. The van der Waals surface area contributed by atoms with Crippen LogP contribution in [0.25, 0.3) is 17.2 Å². The van der Waals surface area contributed by atoms with Gasteiger partial charge in [0.1, 0.15) is 11.4 Å². The number of fused-ring (bicyclic) bond motifs is 1. The summed E-state index contributed by atoms with van der Waals surface area (Å²) in [5, 5.41) is 8.20. The molecule has 4 rings (SSSR count). The Morgan fingerprint density at radius 2 is 2.17 bits per heavy atom. The van der Waals surface area contributed by atoms with Crippen molar-refractivity contribution in [3.63, 3.8) is 0 Å². The molecule has 3 heterocycles. The Bertz CT molecular complexity index is 841. The molecule has 0 aliphatic carbocycles. The van der Waals surface area contributed by atoms with Crippen LogP contribution in [0.1, 0.15) is 17.7 Å². The summed E-state index contributed by atoms with van der Waals surface area (Å²) in [6, 6.07) is 8.20. The van der Waals surface area contributed by atoms with Crippen molar-refractivity contribution in [2.45, 2.75) is 26.4 Å². The van der Waals surface area contributed by atoms with E-state index in [1.807, 2.05) is 24.5 Å². The molecule has 1 aliphatic rings. The fraction of sp³-hybridized carbons (Fsp3) is 0.333. The minimum Gasteiger partial charge on any atom is -0.497 e. The number of rotatable bonds is 3. The molecule has 1 aromatic carbocycles. The third kappa shape index (κ3) is 2.59. The molecule has 124 valence electrons. The normalized spacial score (nSPS) is 14.2. The molecular weight excluding hydrogens is 302 g/mol. The molecule has 0 unspecified atom stereocenters. The lowest BCUT2D eigenvalue weighted by atomic mass is 10.2. The molecule has 0 amide bonds. The van der Waals surface area contributed by atoms with Crippen molar-refractivity contribution in [1.29, 1.82) is 0 Å². The van der Waals surface area contributed by atoms with E-state index in [2.05, 4.69) is 38.6 Å². The van der Waals surface area contributed by atoms with E-state index in [4.69, 9.17) is 9.84 Å². The summed E-state index contributed by atoms with van der Waals surface area (Å²) in [7, 11) is 1.68. The maximum Gasteiger partial charge on any atom is 0.165 e. The first-order valence-corrected chi connectivity index (χ1v) is 8.22. The van der Waals surface area contributed by atoms with Gasteiger partial charge in [-0.1, -0.05) is 0 Å². The van der Waals surface area contributed by atoms with Gasteiger partial charge in [-0.3, -0.25) is 9.25 Å². The zero-order valence-corrected chi connectivity index (χ0v) is 14.0. The van der Waals surface area contributed by atoms with Gasteiger partial charge >= 0.3 is 0 Å². The zero-order valence-electron chi connectivity index (χ0n) is 14.0. The second-order valence-corrected chi connectivity index (χ2v) is 6.05. The van der Waals surface area contributed by atoms with Crippen LogP contribution >= 0.6 is 0 Å². The molecule has 0 bridgehead atoms. The number of benzene rings is 1. The van der Waals surface area contributed by atoms with E-state index in [1.54, 1.807) is 7.11 Å². The van der Waals surface area contributed by atoms with Gasteiger partial charge in [-0.15, -0.1) is 0 Å².